The summed E-state index contributed by atoms with van der Waals surface area (Å²) in [6.07, 6.45) is 5.16. The summed E-state index contributed by atoms with van der Waals surface area (Å²) in [5, 5.41) is 0. The zero-order valence-corrected chi connectivity index (χ0v) is 13.0. The van der Waals surface area contributed by atoms with Crippen LogP contribution in [0.3, 0.4) is 0 Å². The van der Waals surface area contributed by atoms with Gasteiger partial charge in [-0.1, -0.05) is 66.4 Å². The van der Waals surface area contributed by atoms with Crippen LogP contribution in [0.1, 0.15) is 18.1 Å². The molecule has 0 aliphatic heterocycles. The van der Waals surface area contributed by atoms with Gasteiger partial charge in [0.05, 0.1) is 6.61 Å². The fourth-order valence-electron chi connectivity index (χ4n) is 1.85. The maximum absolute atomic E-state index is 11.7. The lowest BCUT2D eigenvalue weighted by molar-refractivity contribution is -0.137. The van der Waals surface area contributed by atoms with Crippen molar-refractivity contribution in [2.24, 2.45) is 0 Å². The number of hydrogen-bond donors (Lipinski definition) is 0. The summed E-state index contributed by atoms with van der Waals surface area (Å²) in [4.78, 5) is 11.7. The van der Waals surface area contributed by atoms with Gasteiger partial charge in [0.2, 0.25) is 0 Å². The summed E-state index contributed by atoms with van der Waals surface area (Å²) in [6, 6.07) is 19.5. The van der Waals surface area contributed by atoms with Gasteiger partial charge in [0.25, 0.3) is 0 Å². The fourth-order valence-corrected chi connectivity index (χ4v) is 1.85. The number of allylic oxidation sites excluding steroid dienone is 2. The molecule has 2 rings (SSSR count). The lowest BCUT2D eigenvalue weighted by Crippen LogP contribution is -2.00. The van der Waals surface area contributed by atoms with E-state index in [1.807, 2.05) is 72.8 Å². The first kappa shape index (κ1) is 16.3. The average Bonchev–Trinajstić information content (AvgIpc) is 2.59. The Hall–Kier alpha value is -3.05. The molecular formula is C21H18O2. The summed E-state index contributed by atoms with van der Waals surface area (Å²) in [6.45, 7) is 2.12. The second-order valence-electron chi connectivity index (χ2n) is 4.71. The van der Waals surface area contributed by atoms with Gasteiger partial charge in [-0.2, -0.15) is 0 Å². The van der Waals surface area contributed by atoms with E-state index in [9.17, 15) is 4.79 Å². The Labute approximate surface area is 137 Å². The van der Waals surface area contributed by atoms with Crippen molar-refractivity contribution >= 4 is 12.0 Å². The Kier molecular flexibility index (Phi) is 6.43. The predicted molar refractivity (Wildman–Crippen MR) is 93.5 cm³/mol. The van der Waals surface area contributed by atoms with E-state index < -0.39 is 0 Å². The summed E-state index contributed by atoms with van der Waals surface area (Å²) < 4.78 is 4.96. The van der Waals surface area contributed by atoms with Crippen molar-refractivity contribution in [3.8, 4) is 11.8 Å². The predicted octanol–water partition coefficient (Wildman–Crippen LogP) is 4.24. The number of carbonyl (C=O) groups is 1. The first-order valence-electron chi connectivity index (χ1n) is 7.46. The molecule has 114 valence electrons. The Balaban J connectivity index is 2.24. The number of carbonyl (C=O) groups excluding carboxylic acids is 1. The molecule has 0 radical (unpaired) electrons. The van der Waals surface area contributed by atoms with Crippen LogP contribution in [0.15, 0.2) is 78.4 Å². The number of benzene rings is 2. The fraction of sp³-hybridized carbons (Fsp3) is 0.0952. The molecule has 0 unspecified atom stereocenters. The van der Waals surface area contributed by atoms with Gasteiger partial charge in [-0.15, -0.1) is 0 Å². The van der Waals surface area contributed by atoms with Gasteiger partial charge in [0, 0.05) is 17.2 Å². The van der Waals surface area contributed by atoms with Crippen LogP contribution in [0.4, 0.5) is 0 Å². The molecular weight excluding hydrogens is 284 g/mol. The summed E-state index contributed by atoms with van der Waals surface area (Å²) in [5.74, 6) is 5.68. The lowest BCUT2D eigenvalue weighted by atomic mass is 10.1. The second-order valence-corrected chi connectivity index (χ2v) is 4.71. The number of esters is 1. The molecule has 0 spiro atoms. The highest BCUT2D eigenvalue weighted by Gasteiger charge is 1.98. The molecule has 0 fully saturated rings. The van der Waals surface area contributed by atoms with Crippen LogP contribution in [0.25, 0.3) is 6.08 Å². The van der Waals surface area contributed by atoms with Crippen molar-refractivity contribution < 1.29 is 9.53 Å². The van der Waals surface area contributed by atoms with Crippen LogP contribution in [-0.2, 0) is 9.53 Å². The van der Waals surface area contributed by atoms with E-state index in [-0.39, 0.29) is 5.97 Å². The number of rotatable bonds is 4. The standard InChI is InChI=1S/C21H18O2/c1-2-23-21(22)17-20(15-13-18-9-5-3-6-10-18)16-14-19-11-7-4-8-12-19/h3-13,15,17H,2H2,1H3/b15-13+,20-17-. The van der Waals surface area contributed by atoms with Gasteiger partial charge in [0.15, 0.2) is 0 Å². The Morgan fingerprint density at radius 3 is 2.35 bits per heavy atom. The third kappa shape index (κ3) is 6.07. The van der Waals surface area contributed by atoms with Gasteiger partial charge in [0.1, 0.15) is 0 Å². The first-order valence-corrected chi connectivity index (χ1v) is 7.46. The molecule has 0 heterocycles. The van der Waals surface area contributed by atoms with Crippen LogP contribution >= 0.6 is 0 Å². The van der Waals surface area contributed by atoms with Crippen molar-refractivity contribution in [2.75, 3.05) is 6.61 Å². The summed E-state index contributed by atoms with van der Waals surface area (Å²) in [7, 11) is 0. The van der Waals surface area contributed by atoms with E-state index in [2.05, 4.69) is 11.8 Å². The van der Waals surface area contributed by atoms with E-state index in [1.165, 1.54) is 6.08 Å². The lowest BCUT2D eigenvalue weighted by Gasteiger charge is -1.97. The summed E-state index contributed by atoms with van der Waals surface area (Å²) >= 11 is 0. The highest BCUT2D eigenvalue weighted by atomic mass is 16.5. The maximum atomic E-state index is 11.7. The van der Waals surface area contributed by atoms with E-state index >= 15 is 0 Å². The molecule has 0 saturated carbocycles. The molecule has 0 aromatic heterocycles. The smallest absolute Gasteiger partial charge is 0.331 e. The van der Waals surface area contributed by atoms with Gasteiger partial charge in [-0.3, -0.25) is 0 Å². The Morgan fingerprint density at radius 2 is 1.70 bits per heavy atom. The zero-order valence-electron chi connectivity index (χ0n) is 13.0. The van der Waals surface area contributed by atoms with Crippen LogP contribution < -0.4 is 0 Å². The third-order valence-corrected chi connectivity index (χ3v) is 2.94. The topological polar surface area (TPSA) is 26.3 Å². The highest BCUT2D eigenvalue weighted by Crippen LogP contribution is 2.06. The molecule has 2 aromatic rings. The van der Waals surface area contributed by atoms with Gasteiger partial charge in [-0.05, 0) is 30.7 Å². The largest absolute Gasteiger partial charge is 0.463 e. The number of hydrogen-bond acceptors (Lipinski definition) is 2. The first-order chi connectivity index (χ1) is 11.3. The van der Waals surface area contributed by atoms with E-state index in [4.69, 9.17) is 4.74 Å². The minimum absolute atomic E-state index is 0.344. The second kappa shape index (κ2) is 9.07. The highest BCUT2D eigenvalue weighted by molar-refractivity contribution is 5.85. The molecule has 2 aromatic carbocycles. The van der Waals surface area contributed by atoms with Crippen molar-refractivity contribution in [1.82, 2.24) is 0 Å². The molecule has 0 N–H and O–H groups in total. The van der Waals surface area contributed by atoms with Crippen molar-refractivity contribution in [3.63, 3.8) is 0 Å². The third-order valence-electron chi connectivity index (χ3n) is 2.94. The van der Waals surface area contributed by atoms with Crippen molar-refractivity contribution in [2.45, 2.75) is 6.92 Å². The maximum Gasteiger partial charge on any atom is 0.331 e. The SMILES string of the molecule is CCOC(=O)/C=C(C#Cc1ccccc1)/C=C/c1ccccc1. The molecule has 0 aliphatic carbocycles. The monoisotopic (exact) mass is 302 g/mol. The van der Waals surface area contributed by atoms with Gasteiger partial charge >= 0.3 is 5.97 Å². The minimum Gasteiger partial charge on any atom is -0.463 e. The minimum atomic E-state index is -0.387. The van der Waals surface area contributed by atoms with Crippen LogP contribution in [0.5, 0.6) is 0 Å². The van der Waals surface area contributed by atoms with Crippen LogP contribution in [0, 0.1) is 11.8 Å². The van der Waals surface area contributed by atoms with E-state index in [0.29, 0.717) is 12.2 Å². The van der Waals surface area contributed by atoms with Crippen molar-refractivity contribution in [1.29, 1.82) is 0 Å². The molecule has 0 bridgehead atoms. The zero-order chi connectivity index (χ0) is 16.3. The molecule has 2 nitrogen and oxygen atoms in total. The molecule has 23 heavy (non-hydrogen) atoms. The van der Waals surface area contributed by atoms with Crippen LogP contribution in [0.2, 0.25) is 0 Å². The van der Waals surface area contributed by atoms with E-state index in [1.54, 1.807) is 6.92 Å². The quantitative estimate of drug-likeness (QED) is 0.365. The van der Waals surface area contributed by atoms with Crippen molar-refractivity contribution in [3.05, 3.63) is 89.5 Å². The molecule has 0 aliphatic rings. The van der Waals surface area contributed by atoms with Gasteiger partial charge < -0.3 is 4.74 Å². The normalized spacial score (nSPS) is 10.9. The van der Waals surface area contributed by atoms with E-state index in [0.717, 1.165) is 11.1 Å². The number of ether oxygens (including phenoxy) is 1. The average molecular weight is 302 g/mol. The van der Waals surface area contributed by atoms with Crippen LogP contribution in [-0.4, -0.2) is 12.6 Å². The van der Waals surface area contributed by atoms with Gasteiger partial charge in [-0.25, -0.2) is 4.79 Å². The molecule has 2 heteroatoms. The summed E-state index contributed by atoms with van der Waals surface area (Å²) in [5.41, 5.74) is 2.55. The Morgan fingerprint density at radius 1 is 1.04 bits per heavy atom. The molecule has 0 amide bonds. The Bertz CT molecular complexity index is 745. The molecule has 0 saturated heterocycles. The molecule has 0 atom stereocenters.